The van der Waals surface area contributed by atoms with Crippen molar-refractivity contribution in [2.24, 2.45) is 0 Å². The van der Waals surface area contributed by atoms with E-state index in [2.05, 4.69) is 152 Å². The van der Waals surface area contributed by atoms with Crippen molar-refractivity contribution in [2.45, 2.75) is 145 Å². The standard InChI is InChI=1S/C40H59O3P/c1-16-17-18-29-19-21-30(22-20-29)41-44(42-35-31(37(4,5)6)23-27(2)24-32(35)38(7,8)9)43-36-33(39(10,11)12)25-28(3)26-34(36)40(13,14)15/h19-26H,16-18H2,1-15H3. The van der Waals surface area contributed by atoms with Gasteiger partial charge in [-0.3, -0.25) is 0 Å². The highest BCUT2D eigenvalue weighted by Gasteiger charge is 2.35. The van der Waals surface area contributed by atoms with E-state index in [1.165, 1.54) is 29.5 Å². The van der Waals surface area contributed by atoms with Crippen LogP contribution in [0.15, 0.2) is 48.5 Å². The fourth-order valence-electron chi connectivity index (χ4n) is 5.36. The molecule has 0 amide bonds. The molecule has 0 atom stereocenters. The van der Waals surface area contributed by atoms with Gasteiger partial charge < -0.3 is 13.6 Å². The lowest BCUT2D eigenvalue weighted by Gasteiger charge is -2.33. The topological polar surface area (TPSA) is 27.7 Å². The molecule has 0 unspecified atom stereocenters. The molecule has 0 heterocycles. The molecule has 0 spiro atoms. The molecular weight excluding hydrogens is 559 g/mol. The highest BCUT2D eigenvalue weighted by molar-refractivity contribution is 7.43. The first-order valence-electron chi connectivity index (χ1n) is 16.4. The number of rotatable bonds is 9. The van der Waals surface area contributed by atoms with Crippen molar-refractivity contribution in [3.8, 4) is 17.2 Å². The molecule has 0 fully saturated rings. The zero-order chi connectivity index (χ0) is 33.3. The summed E-state index contributed by atoms with van der Waals surface area (Å²) in [6.45, 7) is 33.5. The van der Waals surface area contributed by atoms with Crippen molar-refractivity contribution in [1.82, 2.24) is 0 Å². The van der Waals surface area contributed by atoms with Crippen molar-refractivity contribution >= 4 is 8.60 Å². The number of benzene rings is 3. The molecule has 44 heavy (non-hydrogen) atoms. The van der Waals surface area contributed by atoms with Gasteiger partial charge in [0.25, 0.3) is 0 Å². The highest BCUT2D eigenvalue weighted by atomic mass is 31.2. The average Bonchev–Trinajstić information content (AvgIpc) is 2.87. The first kappa shape index (κ1) is 36.0. The van der Waals surface area contributed by atoms with Crippen molar-refractivity contribution < 1.29 is 13.6 Å². The minimum absolute atomic E-state index is 0.139. The molecule has 0 aromatic heterocycles. The van der Waals surface area contributed by atoms with Gasteiger partial charge in [-0.05, 0) is 66.0 Å². The number of hydrogen-bond acceptors (Lipinski definition) is 3. The summed E-state index contributed by atoms with van der Waals surface area (Å²) in [4.78, 5) is 0. The molecule has 0 N–H and O–H groups in total. The van der Waals surface area contributed by atoms with Gasteiger partial charge >= 0.3 is 8.60 Å². The largest absolute Gasteiger partial charge is 0.530 e. The molecule has 0 aliphatic rings. The molecule has 0 aliphatic carbocycles. The highest BCUT2D eigenvalue weighted by Crippen LogP contribution is 2.52. The minimum atomic E-state index is -1.88. The van der Waals surface area contributed by atoms with E-state index in [9.17, 15) is 0 Å². The molecule has 3 rings (SSSR count). The molecule has 0 saturated heterocycles. The van der Waals surface area contributed by atoms with Crippen LogP contribution in [0.3, 0.4) is 0 Å². The summed E-state index contributed by atoms with van der Waals surface area (Å²) in [6.07, 6.45) is 3.42. The monoisotopic (exact) mass is 618 g/mol. The maximum absolute atomic E-state index is 7.07. The number of hydrogen-bond donors (Lipinski definition) is 0. The van der Waals surface area contributed by atoms with Crippen LogP contribution in [-0.4, -0.2) is 0 Å². The second kappa shape index (κ2) is 13.5. The molecule has 3 aromatic carbocycles. The molecule has 3 nitrogen and oxygen atoms in total. The van der Waals surface area contributed by atoms with Crippen molar-refractivity contribution in [1.29, 1.82) is 0 Å². The lowest BCUT2D eigenvalue weighted by atomic mass is 9.78. The van der Waals surface area contributed by atoms with E-state index in [1.54, 1.807) is 0 Å². The fraction of sp³-hybridized carbons (Fsp3) is 0.550. The van der Waals surface area contributed by atoms with Crippen LogP contribution in [-0.2, 0) is 28.1 Å². The molecule has 4 heteroatoms. The lowest BCUT2D eigenvalue weighted by molar-refractivity contribution is 0.366. The van der Waals surface area contributed by atoms with Crippen molar-refractivity contribution in [3.05, 3.63) is 87.5 Å². The first-order chi connectivity index (χ1) is 20.1. The Balaban J connectivity index is 2.25. The summed E-state index contributed by atoms with van der Waals surface area (Å²) in [7, 11) is -1.88. The van der Waals surface area contributed by atoms with Crippen LogP contribution in [0.4, 0.5) is 0 Å². The van der Waals surface area contributed by atoms with Crippen LogP contribution in [0.2, 0.25) is 0 Å². The van der Waals surface area contributed by atoms with Gasteiger partial charge in [-0.15, -0.1) is 0 Å². The van der Waals surface area contributed by atoms with Crippen LogP contribution in [0.5, 0.6) is 17.2 Å². The van der Waals surface area contributed by atoms with E-state index < -0.39 is 8.60 Å². The summed E-state index contributed by atoms with van der Waals surface area (Å²) >= 11 is 0. The molecule has 0 aliphatic heterocycles. The average molecular weight is 619 g/mol. The Bertz CT molecular complexity index is 1250. The molecular formula is C40H59O3P. The maximum atomic E-state index is 7.07. The predicted molar refractivity (Wildman–Crippen MR) is 191 cm³/mol. The Morgan fingerprint density at radius 3 is 1.16 bits per heavy atom. The Kier molecular flexibility index (Phi) is 11.0. The summed E-state index contributed by atoms with van der Waals surface area (Å²) < 4.78 is 20.9. The maximum Gasteiger partial charge on any atom is 0.530 e. The number of unbranched alkanes of at least 4 members (excludes halogenated alkanes) is 1. The normalized spacial score (nSPS) is 12.9. The van der Waals surface area contributed by atoms with Crippen LogP contribution in [0.25, 0.3) is 0 Å². The fourth-order valence-corrected chi connectivity index (χ4v) is 6.46. The summed E-state index contributed by atoms with van der Waals surface area (Å²) in [5.74, 6) is 2.48. The third kappa shape index (κ3) is 9.26. The van der Waals surface area contributed by atoms with Gasteiger partial charge in [0, 0.05) is 22.3 Å². The first-order valence-corrected chi connectivity index (χ1v) is 17.4. The molecule has 0 saturated carbocycles. The SMILES string of the molecule is CCCCc1ccc(OP(Oc2c(C(C)(C)C)cc(C)cc2C(C)(C)C)Oc2c(C(C)(C)C)cc(C)cc2C(C)(C)C)cc1. The third-order valence-electron chi connectivity index (χ3n) is 7.95. The van der Waals surface area contributed by atoms with Crippen molar-refractivity contribution in [3.63, 3.8) is 0 Å². The summed E-state index contributed by atoms with van der Waals surface area (Å²) in [6, 6.07) is 17.5. The summed E-state index contributed by atoms with van der Waals surface area (Å²) in [5, 5.41) is 0. The Hall–Kier alpha value is -2.51. The van der Waals surface area contributed by atoms with E-state index >= 15 is 0 Å². The lowest BCUT2D eigenvalue weighted by Crippen LogP contribution is -2.22. The van der Waals surface area contributed by atoms with Gasteiger partial charge in [-0.2, -0.15) is 0 Å². The van der Waals surface area contributed by atoms with Crippen LogP contribution >= 0.6 is 8.60 Å². The third-order valence-corrected chi connectivity index (χ3v) is 8.98. The molecule has 3 aromatic rings. The molecule has 242 valence electrons. The van der Waals surface area contributed by atoms with Gasteiger partial charge in [0.15, 0.2) is 0 Å². The van der Waals surface area contributed by atoms with E-state index in [0.29, 0.717) is 0 Å². The Labute approximate surface area is 271 Å². The van der Waals surface area contributed by atoms with Crippen molar-refractivity contribution in [2.75, 3.05) is 0 Å². The Morgan fingerprint density at radius 2 is 0.864 bits per heavy atom. The zero-order valence-corrected chi connectivity index (χ0v) is 31.3. The van der Waals surface area contributed by atoms with E-state index in [-0.39, 0.29) is 21.7 Å². The van der Waals surface area contributed by atoms with E-state index in [1.807, 2.05) is 0 Å². The van der Waals surface area contributed by atoms with Crippen LogP contribution < -0.4 is 13.6 Å². The van der Waals surface area contributed by atoms with E-state index in [0.717, 1.165) is 45.9 Å². The van der Waals surface area contributed by atoms with Crippen LogP contribution in [0, 0.1) is 13.8 Å². The predicted octanol–water partition coefficient (Wildman–Crippen LogP) is 12.6. The second-order valence-electron chi connectivity index (χ2n) is 16.6. The number of aryl methyl sites for hydroxylation is 3. The van der Waals surface area contributed by atoms with Gasteiger partial charge in [0.2, 0.25) is 0 Å². The van der Waals surface area contributed by atoms with Gasteiger partial charge in [0.05, 0.1) is 0 Å². The smallest absolute Gasteiger partial charge is 0.409 e. The zero-order valence-electron chi connectivity index (χ0n) is 30.4. The second-order valence-corrected chi connectivity index (χ2v) is 17.6. The molecule has 0 radical (unpaired) electrons. The summed E-state index contributed by atoms with van der Waals surface area (Å²) in [5.41, 5.74) is 7.86. The van der Waals surface area contributed by atoms with E-state index in [4.69, 9.17) is 13.6 Å². The molecule has 0 bridgehead atoms. The van der Waals surface area contributed by atoms with Gasteiger partial charge in [-0.1, -0.05) is 144 Å². The minimum Gasteiger partial charge on any atom is -0.409 e. The quantitative estimate of drug-likeness (QED) is 0.223. The van der Waals surface area contributed by atoms with Crippen LogP contribution in [0.1, 0.15) is 142 Å². The Morgan fingerprint density at radius 1 is 0.523 bits per heavy atom. The van der Waals surface area contributed by atoms with Gasteiger partial charge in [-0.25, -0.2) is 0 Å². The van der Waals surface area contributed by atoms with Gasteiger partial charge in [0.1, 0.15) is 17.2 Å².